The van der Waals surface area contributed by atoms with E-state index in [0.717, 1.165) is 17.4 Å². The minimum absolute atomic E-state index is 0.208. The Hall–Kier alpha value is -0.800. The van der Waals surface area contributed by atoms with Crippen LogP contribution in [0.15, 0.2) is 22.7 Å². The minimum Gasteiger partial charge on any atom is -0.343 e. The van der Waals surface area contributed by atoms with Gasteiger partial charge in [-0.05, 0) is 43.5 Å². The van der Waals surface area contributed by atoms with Crippen LogP contribution >= 0.6 is 15.9 Å². The second-order valence-electron chi connectivity index (χ2n) is 4.57. The first-order chi connectivity index (χ1) is 7.68. The number of aryl methyl sites for hydroxylation is 2. The quantitative estimate of drug-likeness (QED) is 0.786. The van der Waals surface area contributed by atoms with E-state index >= 15 is 0 Å². The van der Waals surface area contributed by atoms with E-state index in [2.05, 4.69) is 45.6 Å². The molecule has 0 amide bonds. The Morgan fingerprint density at radius 3 is 3.06 bits per heavy atom. The van der Waals surface area contributed by atoms with Crippen molar-refractivity contribution in [3.8, 4) is 0 Å². The third kappa shape index (κ3) is 1.35. The molecule has 0 spiro atoms. The highest BCUT2D eigenvalue weighted by molar-refractivity contribution is 9.10. The molecule has 0 bridgehead atoms. The van der Waals surface area contributed by atoms with E-state index in [4.69, 9.17) is 5.73 Å². The summed E-state index contributed by atoms with van der Waals surface area (Å²) in [5.74, 6) is 0. The van der Waals surface area contributed by atoms with Gasteiger partial charge in [0.1, 0.15) is 0 Å². The van der Waals surface area contributed by atoms with Gasteiger partial charge in [0.05, 0.1) is 0 Å². The van der Waals surface area contributed by atoms with Gasteiger partial charge in [-0.3, -0.25) is 0 Å². The molecule has 1 aliphatic rings. The lowest BCUT2D eigenvalue weighted by Gasteiger charge is -2.22. The highest BCUT2D eigenvalue weighted by Gasteiger charge is 2.22. The van der Waals surface area contributed by atoms with Gasteiger partial charge in [-0.25, -0.2) is 0 Å². The zero-order valence-corrected chi connectivity index (χ0v) is 10.9. The Kier molecular flexibility index (Phi) is 2.33. The zero-order chi connectivity index (χ0) is 11.3. The lowest BCUT2D eigenvalue weighted by molar-refractivity contribution is 0.469. The fraction of sp³-hybridized carbons (Fsp3) is 0.385. The maximum Gasteiger partial charge on any atom is 0.0486 e. The van der Waals surface area contributed by atoms with E-state index in [0.29, 0.717) is 0 Å². The standard InChI is InChI=1S/C13H15BrN2/c1-8-10-7-9(14)4-5-12(10)16-6-2-3-11(15)13(8)16/h4-5,7,11H,2-3,6,15H2,1H3. The smallest absolute Gasteiger partial charge is 0.0486 e. The van der Waals surface area contributed by atoms with Crippen LogP contribution in [0, 0.1) is 6.92 Å². The van der Waals surface area contributed by atoms with Crippen molar-refractivity contribution in [1.82, 2.24) is 4.57 Å². The van der Waals surface area contributed by atoms with E-state index in [-0.39, 0.29) is 6.04 Å². The number of nitrogens with zero attached hydrogens (tertiary/aromatic N) is 1. The van der Waals surface area contributed by atoms with Gasteiger partial charge in [0, 0.05) is 33.7 Å². The van der Waals surface area contributed by atoms with Crippen LogP contribution in [-0.2, 0) is 6.54 Å². The van der Waals surface area contributed by atoms with Crippen molar-refractivity contribution >= 4 is 26.8 Å². The molecule has 1 aromatic carbocycles. The minimum atomic E-state index is 0.208. The summed E-state index contributed by atoms with van der Waals surface area (Å²) < 4.78 is 3.53. The van der Waals surface area contributed by atoms with Gasteiger partial charge in [0.25, 0.3) is 0 Å². The second kappa shape index (κ2) is 3.60. The predicted octanol–water partition coefficient (Wildman–Crippen LogP) is 3.51. The molecule has 2 aromatic rings. The Morgan fingerprint density at radius 1 is 1.44 bits per heavy atom. The van der Waals surface area contributed by atoms with Gasteiger partial charge in [-0.15, -0.1) is 0 Å². The first-order valence-electron chi connectivity index (χ1n) is 5.72. The molecule has 16 heavy (non-hydrogen) atoms. The fourth-order valence-corrected chi connectivity index (χ4v) is 3.20. The lowest BCUT2D eigenvalue weighted by atomic mass is 10.0. The molecule has 3 rings (SSSR count). The van der Waals surface area contributed by atoms with Gasteiger partial charge in [-0.2, -0.15) is 0 Å². The number of aromatic nitrogens is 1. The Labute approximate surface area is 104 Å². The molecule has 0 saturated carbocycles. The Morgan fingerprint density at radius 2 is 2.25 bits per heavy atom. The number of hydrogen-bond donors (Lipinski definition) is 1. The van der Waals surface area contributed by atoms with E-state index in [9.17, 15) is 0 Å². The highest BCUT2D eigenvalue weighted by atomic mass is 79.9. The van der Waals surface area contributed by atoms with Crippen LogP contribution in [-0.4, -0.2) is 4.57 Å². The molecule has 1 aliphatic heterocycles. The summed E-state index contributed by atoms with van der Waals surface area (Å²) >= 11 is 3.53. The molecule has 2 N–H and O–H groups in total. The number of nitrogens with two attached hydrogens (primary N) is 1. The van der Waals surface area contributed by atoms with Crippen LogP contribution < -0.4 is 5.73 Å². The van der Waals surface area contributed by atoms with Crippen molar-refractivity contribution in [2.24, 2.45) is 5.73 Å². The molecule has 0 aliphatic carbocycles. The van der Waals surface area contributed by atoms with Crippen molar-refractivity contribution in [3.05, 3.63) is 33.9 Å². The molecule has 0 saturated heterocycles. The molecular formula is C13H15BrN2. The maximum absolute atomic E-state index is 6.22. The Balaban J connectivity index is 2.38. The number of halogens is 1. The molecule has 2 nitrogen and oxygen atoms in total. The van der Waals surface area contributed by atoms with Crippen LogP contribution in [0.3, 0.4) is 0 Å². The van der Waals surface area contributed by atoms with E-state index in [1.54, 1.807) is 0 Å². The third-order valence-corrected chi connectivity index (χ3v) is 4.07. The van der Waals surface area contributed by atoms with Crippen LogP contribution in [0.25, 0.3) is 10.9 Å². The number of fused-ring (bicyclic) bond motifs is 3. The van der Waals surface area contributed by atoms with Gasteiger partial charge >= 0.3 is 0 Å². The monoisotopic (exact) mass is 278 g/mol. The second-order valence-corrected chi connectivity index (χ2v) is 5.49. The average Bonchev–Trinajstić information content (AvgIpc) is 2.54. The molecule has 3 heteroatoms. The molecule has 84 valence electrons. The lowest BCUT2D eigenvalue weighted by Crippen LogP contribution is -2.21. The predicted molar refractivity (Wildman–Crippen MR) is 70.5 cm³/mol. The first-order valence-corrected chi connectivity index (χ1v) is 6.51. The van der Waals surface area contributed by atoms with Gasteiger partial charge in [0.2, 0.25) is 0 Å². The normalized spacial score (nSPS) is 20.1. The largest absolute Gasteiger partial charge is 0.343 e. The van der Waals surface area contributed by atoms with Crippen molar-refractivity contribution in [1.29, 1.82) is 0 Å². The molecule has 0 radical (unpaired) electrons. The van der Waals surface area contributed by atoms with Crippen LogP contribution in [0.2, 0.25) is 0 Å². The molecule has 1 atom stereocenters. The first kappa shape index (κ1) is 10.4. The van der Waals surface area contributed by atoms with E-state index in [1.165, 1.54) is 28.6 Å². The van der Waals surface area contributed by atoms with Crippen LogP contribution in [0.5, 0.6) is 0 Å². The van der Waals surface area contributed by atoms with Crippen LogP contribution in [0.4, 0.5) is 0 Å². The van der Waals surface area contributed by atoms with Crippen molar-refractivity contribution in [2.45, 2.75) is 32.4 Å². The summed E-state index contributed by atoms with van der Waals surface area (Å²) in [7, 11) is 0. The van der Waals surface area contributed by atoms with Crippen molar-refractivity contribution in [2.75, 3.05) is 0 Å². The summed E-state index contributed by atoms with van der Waals surface area (Å²) in [4.78, 5) is 0. The molecule has 0 fully saturated rings. The van der Waals surface area contributed by atoms with Crippen molar-refractivity contribution < 1.29 is 0 Å². The van der Waals surface area contributed by atoms with Gasteiger partial charge in [-0.1, -0.05) is 15.9 Å². The van der Waals surface area contributed by atoms with Crippen LogP contribution in [0.1, 0.15) is 30.1 Å². The zero-order valence-electron chi connectivity index (χ0n) is 9.33. The van der Waals surface area contributed by atoms with Crippen molar-refractivity contribution in [3.63, 3.8) is 0 Å². The van der Waals surface area contributed by atoms with Gasteiger partial charge in [0.15, 0.2) is 0 Å². The van der Waals surface area contributed by atoms with E-state index < -0.39 is 0 Å². The summed E-state index contributed by atoms with van der Waals surface area (Å²) in [6.07, 6.45) is 2.30. The number of rotatable bonds is 0. The molecule has 2 heterocycles. The van der Waals surface area contributed by atoms with E-state index in [1.807, 2.05) is 0 Å². The molecule has 1 aromatic heterocycles. The fourth-order valence-electron chi connectivity index (χ4n) is 2.84. The van der Waals surface area contributed by atoms with Gasteiger partial charge < -0.3 is 10.3 Å². The SMILES string of the molecule is Cc1c2n(c3ccc(Br)cc13)CCCC2N. The average molecular weight is 279 g/mol. The highest BCUT2D eigenvalue weighted by Crippen LogP contribution is 2.35. The number of hydrogen-bond acceptors (Lipinski definition) is 1. The molecule has 1 unspecified atom stereocenters. The summed E-state index contributed by atoms with van der Waals surface area (Å²) in [6.45, 7) is 3.29. The molecular weight excluding hydrogens is 264 g/mol. The maximum atomic E-state index is 6.22. The summed E-state index contributed by atoms with van der Waals surface area (Å²) in [5, 5.41) is 1.33. The third-order valence-electron chi connectivity index (χ3n) is 3.58. The number of benzene rings is 1. The summed E-state index contributed by atoms with van der Waals surface area (Å²) in [6, 6.07) is 6.70. The topological polar surface area (TPSA) is 30.9 Å². The Bertz CT molecular complexity index is 557. The summed E-state index contributed by atoms with van der Waals surface area (Å²) in [5.41, 5.74) is 10.2.